The second kappa shape index (κ2) is 3.34. The van der Waals surface area contributed by atoms with Gasteiger partial charge in [0.25, 0.3) is 0 Å². The second-order valence-electron chi connectivity index (χ2n) is 2.15. The lowest BCUT2D eigenvalue weighted by molar-refractivity contribution is -0.149. The van der Waals surface area contributed by atoms with E-state index in [9.17, 15) is 9.59 Å². The van der Waals surface area contributed by atoms with Gasteiger partial charge in [-0.1, -0.05) is 26.0 Å². The molecule has 0 amide bonds. The molecule has 2 aliphatic rings. The van der Waals surface area contributed by atoms with Crippen molar-refractivity contribution in [2.75, 3.05) is 0 Å². The standard InChI is InChI=1S/C7H4O3.C2H6/c8-6-4-2-1-3-5(4)7(9)10-6;1-2/h2-3H,1H2;1-2H3. The molecule has 1 heterocycles. The van der Waals surface area contributed by atoms with Crippen LogP contribution in [0.5, 0.6) is 0 Å². The quantitative estimate of drug-likeness (QED) is 0.403. The van der Waals surface area contributed by atoms with Gasteiger partial charge in [-0.2, -0.15) is 0 Å². The van der Waals surface area contributed by atoms with Gasteiger partial charge in [0.2, 0.25) is 0 Å². The maximum atomic E-state index is 10.7. The summed E-state index contributed by atoms with van der Waals surface area (Å²) in [7, 11) is 0. The minimum atomic E-state index is -0.506. The molecule has 2 rings (SSSR count). The first kappa shape index (κ1) is 8.71. The van der Waals surface area contributed by atoms with E-state index in [0.717, 1.165) is 0 Å². The van der Waals surface area contributed by atoms with Gasteiger partial charge < -0.3 is 4.74 Å². The molecule has 0 bridgehead atoms. The third-order valence-electron chi connectivity index (χ3n) is 1.56. The molecular formula is C9H10O3. The Morgan fingerprint density at radius 2 is 1.50 bits per heavy atom. The van der Waals surface area contributed by atoms with Gasteiger partial charge >= 0.3 is 11.9 Å². The average molecular weight is 166 g/mol. The first-order valence-corrected chi connectivity index (χ1v) is 3.96. The van der Waals surface area contributed by atoms with Crippen LogP contribution in [0.4, 0.5) is 0 Å². The molecule has 0 radical (unpaired) electrons. The summed E-state index contributed by atoms with van der Waals surface area (Å²) in [6, 6.07) is 0. The molecule has 1 aliphatic heterocycles. The van der Waals surface area contributed by atoms with Crippen LogP contribution < -0.4 is 0 Å². The number of hydrogen-bond donors (Lipinski definition) is 0. The van der Waals surface area contributed by atoms with Gasteiger partial charge in [0.1, 0.15) is 0 Å². The van der Waals surface area contributed by atoms with E-state index < -0.39 is 11.9 Å². The van der Waals surface area contributed by atoms with E-state index in [1.807, 2.05) is 13.8 Å². The van der Waals surface area contributed by atoms with Crippen LogP contribution >= 0.6 is 0 Å². The Balaban J connectivity index is 0.000000336. The lowest BCUT2D eigenvalue weighted by Gasteiger charge is -1.83. The van der Waals surface area contributed by atoms with Gasteiger partial charge in [-0.15, -0.1) is 0 Å². The van der Waals surface area contributed by atoms with Crippen LogP contribution in [0.25, 0.3) is 0 Å². The highest BCUT2D eigenvalue weighted by molar-refractivity contribution is 6.18. The summed E-state index contributed by atoms with van der Waals surface area (Å²) in [6.45, 7) is 4.00. The number of fused-ring (bicyclic) bond motifs is 1. The first-order chi connectivity index (χ1) is 5.79. The summed E-state index contributed by atoms with van der Waals surface area (Å²) in [6.07, 6.45) is 4.07. The summed E-state index contributed by atoms with van der Waals surface area (Å²) >= 11 is 0. The number of rotatable bonds is 0. The van der Waals surface area contributed by atoms with Gasteiger partial charge in [-0.05, 0) is 6.42 Å². The predicted molar refractivity (Wildman–Crippen MR) is 43.2 cm³/mol. The zero-order valence-corrected chi connectivity index (χ0v) is 7.09. The highest BCUT2D eigenvalue weighted by Crippen LogP contribution is 2.27. The van der Waals surface area contributed by atoms with Gasteiger partial charge in [0.05, 0.1) is 11.1 Å². The van der Waals surface area contributed by atoms with Crippen LogP contribution in [0, 0.1) is 0 Å². The largest absolute Gasteiger partial charge is 0.386 e. The van der Waals surface area contributed by atoms with E-state index in [1.165, 1.54) is 0 Å². The summed E-state index contributed by atoms with van der Waals surface area (Å²) in [5.41, 5.74) is 0.870. The number of allylic oxidation sites excluding steroid dienone is 2. The number of esters is 2. The van der Waals surface area contributed by atoms with Crippen molar-refractivity contribution < 1.29 is 14.3 Å². The van der Waals surface area contributed by atoms with E-state index in [0.29, 0.717) is 17.6 Å². The molecule has 1 aliphatic carbocycles. The molecule has 0 N–H and O–H groups in total. The van der Waals surface area contributed by atoms with Gasteiger partial charge in [0, 0.05) is 0 Å². The molecule has 0 aromatic carbocycles. The van der Waals surface area contributed by atoms with Crippen molar-refractivity contribution in [3.63, 3.8) is 0 Å². The molecule has 0 spiro atoms. The number of cyclic esters (lactones) is 2. The van der Waals surface area contributed by atoms with Crippen LogP contribution in [0.15, 0.2) is 23.3 Å². The SMILES string of the molecule is CC.O=C1OC(=O)C2=CCC=C12. The molecule has 0 atom stereocenters. The number of carbonyl (C=O) groups excluding carboxylic acids is 2. The number of ether oxygens (including phenoxy) is 1. The Kier molecular flexibility index (Phi) is 2.43. The topological polar surface area (TPSA) is 43.4 Å². The van der Waals surface area contributed by atoms with Crippen molar-refractivity contribution in [3.8, 4) is 0 Å². The molecule has 3 nitrogen and oxygen atoms in total. The third kappa shape index (κ3) is 1.18. The summed E-state index contributed by atoms with van der Waals surface area (Å²) < 4.78 is 4.31. The van der Waals surface area contributed by atoms with Gasteiger partial charge in [0.15, 0.2) is 0 Å². The molecule has 12 heavy (non-hydrogen) atoms. The van der Waals surface area contributed by atoms with Crippen molar-refractivity contribution in [3.05, 3.63) is 23.3 Å². The highest BCUT2D eigenvalue weighted by atomic mass is 16.6. The Morgan fingerprint density at radius 1 is 1.08 bits per heavy atom. The second-order valence-corrected chi connectivity index (χ2v) is 2.15. The normalized spacial score (nSPS) is 18.8. The van der Waals surface area contributed by atoms with Crippen molar-refractivity contribution in [2.24, 2.45) is 0 Å². The number of hydrogen-bond acceptors (Lipinski definition) is 3. The fourth-order valence-corrected chi connectivity index (χ4v) is 1.10. The Morgan fingerprint density at radius 3 is 1.92 bits per heavy atom. The van der Waals surface area contributed by atoms with Gasteiger partial charge in [-0.3, -0.25) is 0 Å². The maximum Gasteiger partial charge on any atom is 0.346 e. The van der Waals surface area contributed by atoms with Crippen molar-refractivity contribution in [1.82, 2.24) is 0 Å². The van der Waals surface area contributed by atoms with Crippen LogP contribution in [0.1, 0.15) is 20.3 Å². The van der Waals surface area contributed by atoms with E-state index in [-0.39, 0.29) is 0 Å². The maximum absolute atomic E-state index is 10.7. The Bertz CT molecular complexity index is 256. The molecular weight excluding hydrogens is 156 g/mol. The van der Waals surface area contributed by atoms with E-state index in [1.54, 1.807) is 12.2 Å². The fraction of sp³-hybridized carbons (Fsp3) is 0.333. The van der Waals surface area contributed by atoms with E-state index >= 15 is 0 Å². The highest BCUT2D eigenvalue weighted by Gasteiger charge is 2.34. The van der Waals surface area contributed by atoms with E-state index in [2.05, 4.69) is 4.74 Å². The Hall–Kier alpha value is -1.38. The summed E-state index contributed by atoms with van der Waals surface area (Å²) in [5, 5.41) is 0. The smallest absolute Gasteiger partial charge is 0.346 e. The summed E-state index contributed by atoms with van der Waals surface area (Å²) in [5.74, 6) is -1.01. The van der Waals surface area contributed by atoms with Crippen LogP contribution in [0.2, 0.25) is 0 Å². The molecule has 0 aromatic rings. The minimum Gasteiger partial charge on any atom is -0.386 e. The average Bonchev–Trinajstić information content (AvgIpc) is 2.62. The third-order valence-corrected chi connectivity index (χ3v) is 1.56. The molecule has 1 saturated heterocycles. The zero-order chi connectivity index (χ0) is 9.14. The number of carbonyl (C=O) groups is 2. The molecule has 0 aromatic heterocycles. The molecule has 3 heteroatoms. The molecule has 0 unspecified atom stereocenters. The van der Waals surface area contributed by atoms with Crippen molar-refractivity contribution in [2.45, 2.75) is 20.3 Å². The molecule has 1 fully saturated rings. The lowest BCUT2D eigenvalue weighted by Crippen LogP contribution is -1.97. The summed E-state index contributed by atoms with van der Waals surface area (Å²) in [4.78, 5) is 21.4. The van der Waals surface area contributed by atoms with Crippen molar-refractivity contribution in [1.29, 1.82) is 0 Å². The molecule has 64 valence electrons. The lowest BCUT2D eigenvalue weighted by atomic mass is 10.2. The van der Waals surface area contributed by atoms with Crippen LogP contribution in [-0.2, 0) is 14.3 Å². The molecule has 0 saturated carbocycles. The predicted octanol–water partition coefficient (Wildman–Crippen LogP) is 1.35. The Labute approximate surface area is 70.7 Å². The monoisotopic (exact) mass is 166 g/mol. The minimum absolute atomic E-state index is 0.435. The zero-order valence-electron chi connectivity index (χ0n) is 7.09. The van der Waals surface area contributed by atoms with E-state index in [4.69, 9.17) is 0 Å². The first-order valence-electron chi connectivity index (χ1n) is 3.96. The van der Waals surface area contributed by atoms with Crippen molar-refractivity contribution >= 4 is 11.9 Å². The van der Waals surface area contributed by atoms with Gasteiger partial charge in [-0.25, -0.2) is 9.59 Å². The van der Waals surface area contributed by atoms with Crippen LogP contribution in [0.3, 0.4) is 0 Å². The fourth-order valence-electron chi connectivity index (χ4n) is 1.10. The van der Waals surface area contributed by atoms with Crippen LogP contribution in [-0.4, -0.2) is 11.9 Å².